The zero-order chi connectivity index (χ0) is 10.6. The van der Waals surface area contributed by atoms with Crippen molar-refractivity contribution in [2.45, 2.75) is 13.3 Å². The molecule has 14 heavy (non-hydrogen) atoms. The normalized spacial score (nSPS) is 11.8. The van der Waals surface area contributed by atoms with Crippen LogP contribution in [0, 0.1) is 0 Å². The van der Waals surface area contributed by atoms with Gasteiger partial charge >= 0.3 is 0 Å². The van der Waals surface area contributed by atoms with E-state index in [2.05, 4.69) is 27.8 Å². The van der Waals surface area contributed by atoms with Crippen LogP contribution in [0.5, 0.6) is 0 Å². The average molecular weight is 276 g/mol. The molecule has 0 saturated carbocycles. The fourth-order valence-corrected chi connectivity index (χ4v) is 1.62. The molecule has 0 unspecified atom stereocenters. The lowest BCUT2D eigenvalue weighted by atomic mass is 10.1. The van der Waals surface area contributed by atoms with Crippen molar-refractivity contribution < 1.29 is 0 Å². The molecule has 0 aliphatic heterocycles. The van der Waals surface area contributed by atoms with E-state index in [4.69, 9.17) is 17.3 Å². The molecule has 0 radical (unpaired) electrons. The summed E-state index contributed by atoms with van der Waals surface area (Å²) in [6.07, 6.45) is 1.01. The molecule has 0 aromatic heterocycles. The molecule has 1 aromatic rings. The first-order valence-corrected chi connectivity index (χ1v) is 5.67. The standard InChI is InChI=1S/C10H12BrClN2/c1-2-7-3-4-9(8(11)5-7)14-10(13)6-12/h3-5H,2,6H2,1H3,(H2,13,14). The molecule has 2 nitrogen and oxygen atoms in total. The molecule has 0 spiro atoms. The Morgan fingerprint density at radius 2 is 2.29 bits per heavy atom. The van der Waals surface area contributed by atoms with E-state index in [9.17, 15) is 0 Å². The number of nitrogens with zero attached hydrogens (tertiary/aromatic N) is 1. The maximum Gasteiger partial charge on any atom is 0.115 e. The number of rotatable bonds is 3. The fourth-order valence-electron chi connectivity index (χ4n) is 1.05. The van der Waals surface area contributed by atoms with Gasteiger partial charge in [0.1, 0.15) is 5.84 Å². The van der Waals surface area contributed by atoms with Crippen LogP contribution < -0.4 is 5.73 Å². The van der Waals surface area contributed by atoms with Crippen LogP contribution in [0.4, 0.5) is 5.69 Å². The van der Waals surface area contributed by atoms with Crippen LogP contribution in [0.1, 0.15) is 12.5 Å². The van der Waals surface area contributed by atoms with E-state index in [0.29, 0.717) is 5.84 Å². The Bertz CT molecular complexity index is 350. The van der Waals surface area contributed by atoms with Gasteiger partial charge in [-0.15, -0.1) is 11.6 Å². The van der Waals surface area contributed by atoms with Crippen molar-refractivity contribution >= 4 is 39.1 Å². The van der Waals surface area contributed by atoms with Gasteiger partial charge in [-0.25, -0.2) is 4.99 Å². The highest BCUT2D eigenvalue weighted by Gasteiger charge is 2.00. The third kappa shape index (κ3) is 3.00. The molecule has 1 aromatic carbocycles. The summed E-state index contributed by atoms with van der Waals surface area (Å²) < 4.78 is 0.949. The Balaban J connectivity index is 3.00. The summed E-state index contributed by atoms with van der Waals surface area (Å²) in [5.74, 6) is 0.679. The second-order valence-corrected chi connectivity index (χ2v) is 4.00. The first-order chi connectivity index (χ1) is 6.67. The van der Waals surface area contributed by atoms with Gasteiger partial charge in [0.2, 0.25) is 0 Å². The highest BCUT2D eigenvalue weighted by atomic mass is 79.9. The lowest BCUT2D eigenvalue weighted by Crippen LogP contribution is -2.12. The number of hydrogen-bond acceptors (Lipinski definition) is 1. The summed E-state index contributed by atoms with van der Waals surface area (Å²) in [4.78, 5) is 4.17. The molecule has 0 atom stereocenters. The van der Waals surface area contributed by atoms with Crippen molar-refractivity contribution in [3.8, 4) is 0 Å². The van der Waals surface area contributed by atoms with E-state index in [1.165, 1.54) is 5.56 Å². The van der Waals surface area contributed by atoms with Gasteiger partial charge in [-0.1, -0.05) is 13.0 Å². The number of nitrogens with two attached hydrogens (primary N) is 1. The topological polar surface area (TPSA) is 38.4 Å². The summed E-state index contributed by atoms with van der Waals surface area (Å²) in [6.45, 7) is 2.11. The molecule has 2 N–H and O–H groups in total. The summed E-state index contributed by atoms with van der Waals surface area (Å²) in [5, 5.41) is 0. The Morgan fingerprint density at radius 3 is 2.79 bits per heavy atom. The Kier molecular flexibility index (Phi) is 4.42. The van der Waals surface area contributed by atoms with E-state index in [1.807, 2.05) is 18.2 Å². The van der Waals surface area contributed by atoms with Gasteiger partial charge in [0, 0.05) is 4.47 Å². The van der Waals surface area contributed by atoms with Gasteiger partial charge in [-0.3, -0.25) is 0 Å². The highest BCUT2D eigenvalue weighted by molar-refractivity contribution is 9.10. The number of aryl methyl sites for hydroxylation is 1. The molecular formula is C10H12BrClN2. The first-order valence-electron chi connectivity index (χ1n) is 4.34. The van der Waals surface area contributed by atoms with E-state index in [-0.39, 0.29) is 5.88 Å². The molecule has 0 bridgehead atoms. The summed E-state index contributed by atoms with van der Waals surface area (Å²) in [6, 6.07) is 6.01. The summed E-state index contributed by atoms with van der Waals surface area (Å²) >= 11 is 8.98. The molecule has 0 aliphatic carbocycles. The Morgan fingerprint density at radius 1 is 1.57 bits per heavy atom. The van der Waals surface area contributed by atoms with Crippen molar-refractivity contribution in [1.82, 2.24) is 0 Å². The molecule has 0 heterocycles. The molecule has 0 fully saturated rings. The number of hydrogen-bond donors (Lipinski definition) is 1. The van der Waals surface area contributed by atoms with Crippen molar-refractivity contribution in [2.24, 2.45) is 10.7 Å². The molecular weight excluding hydrogens is 263 g/mol. The van der Waals surface area contributed by atoms with Gasteiger partial charge in [0.15, 0.2) is 0 Å². The van der Waals surface area contributed by atoms with Crippen molar-refractivity contribution in [3.05, 3.63) is 28.2 Å². The third-order valence-corrected chi connectivity index (χ3v) is 2.73. The number of benzene rings is 1. The highest BCUT2D eigenvalue weighted by Crippen LogP contribution is 2.26. The quantitative estimate of drug-likeness (QED) is 0.513. The predicted molar refractivity (Wildman–Crippen MR) is 65.5 cm³/mol. The maximum absolute atomic E-state index is 5.54. The second kappa shape index (κ2) is 5.37. The van der Waals surface area contributed by atoms with E-state index < -0.39 is 0 Å². The second-order valence-electron chi connectivity index (χ2n) is 2.88. The van der Waals surface area contributed by atoms with Crippen LogP contribution in [0.25, 0.3) is 0 Å². The van der Waals surface area contributed by atoms with Crippen molar-refractivity contribution in [3.63, 3.8) is 0 Å². The van der Waals surface area contributed by atoms with Crippen LogP contribution in [0.15, 0.2) is 27.7 Å². The SMILES string of the molecule is CCc1ccc(N=C(N)CCl)c(Br)c1. The Hall–Kier alpha value is -0.540. The van der Waals surface area contributed by atoms with Gasteiger partial charge in [-0.05, 0) is 40.0 Å². The van der Waals surface area contributed by atoms with Crippen LogP contribution in [-0.4, -0.2) is 11.7 Å². The molecule has 1 rings (SSSR count). The monoisotopic (exact) mass is 274 g/mol. The van der Waals surface area contributed by atoms with Crippen LogP contribution in [-0.2, 0) is 6.42 Å². The van der Waals surface area contributed by atoms with Gasteiger partial charge in [-0.2, -0.15) is 0 Å². The maximum atomic E-state index is 5.54. The minimum Gasteiger partial charge on any atom is -0.386 e. The smallest absolute Gasteiger partial charge is 0.115 e. The molecule has 0 amide bonds. The Labute approximate surface area is 97.3 Å². The summed E-state index contributed by atoms with van der Waals surface area (Å²) in [7, 11) is 0. The van der Waals surface area contributed by atoms with Gasteiger partial charge < -0.3 is 5.73 Å². The van der Waals surface area contributed by atoms with E-state index in [0.717, 1.165) is 16.6 Å². The summed E-state index contributed by atoms with van der Waals surface area (Å²) in [5.41, 5.74) is 7.63. The number of halogens is 2. The molecule has 0 aliphatic rings. The first kappa shape index (κ1) is 11.5. The molecule has 0 saturated heterocycles. The van der Waals surface area contributed by atoms with Crippen LogP contribution in [0.3, 0.4) is 0 Å². The van der Waals surface area contributed by atoms with Crippen LogP contribution in [0.2, 0.25) is 0 Å². The molecule has 4 heteroatoms. The van der Waals surface area contributed by atoms with Crippen molar-refractivity contribution in [1.29, 1.82) is 0 Å². The van der Waals surface area contributed by atoms with Gasteiger partial charge in [0.05, 0.1) is 11.6 Å². The average Bonchev–Trinajstić information content (AvgIpc) is 2.20. The lowest BCUT2D eigenvalue weighted by Gasteiger charge is -2.02. The van der Waals surface area contributed by atoms with E-state index >= 15 is 0 Å². The zero-order valence-electron chi connectivity index (χ0n) is 7.93. The minimum absolute atomic E-state index is 0.252. The van der Waals surface area contributed by atoms with Gasteiger partial charge in [0.25, 0.3) is 0 Å². The van der Waals surface area contributed by atoms with E-state index in [1.54, 1.807) is 0 Å². The minimum atomic E-state index is 0.252. The molecule has 76 valence electrons. The third-order valence-electron chi connectivity index (χ3n) is 1.82. The van der Waals surface area contributed by atoms with Crippen molar-refractivity contribution in [2.75, 3.05) is 5.88 Å². The number of aliphatic imine (C=N–C) groups is 1. The zero-order valence-corrected chi connectivity index (χ0v) is 10.3. The largest absolute Gasteiger partial charge is 0.386 e. The number of amidine groups is 1. The predicted octanol–water partition coefficient (Wildman–Crippen LogP) is 3.24. The fraction of sp³-hybridized carbons (Fsp3) is 0.300. The number of alkyl halides is 1. The van der Waals surface area contributed by atoms with Crippen LogP contribution >= 0.6 is 27.5 Å². The lowest BCUT2D eigenvalue weighted by molar-refractivity contribution is 1.14.